The van der Waals surface area contributed by atoms with Crippen LogP contribution in [-0.4, -0.2) is 35.8 Å². The Morgan fingerprint density at radius 1 is 1.06 bits per heavy atom. The first-order chi connectivity index (χ1) is 14.9. The van der Waals surface area contributed by atoms with Gasteiger partial charge in [0.05, 0.1) is 19.1 Å². The molecule has 4 rings (SSSR count). The number of ketones is 4. The second kappa shape index (κ2) is 17.6. The summed E-state index contributed by atoms with van der Waals surface area (Å²) in [5, 5.41) is 0. The summed E-state index contributed by atoms with van der Waals surface area (Å²) in [6.07, 6.45) is 9.94. The summed E-state index contributed by atoms with van der Waals surface area (Å²) in [6, 6.07) is 0. The van der Waals surface area contributed by atoms with Gasteiger partial charge in [-0.3, -0.25) is 19.2 Å². The monoisotopic (exact) mass is 464 g/mol. The van der Waals surface area contributed by atoms with E-state index in [0.29, 0.717) is 18.1 Å². The van der Waals surface area contributed by atoms with Gasteiger partial charge in [-0.15, -0.1) is 0 Å². The number of Topliss-reactive ketones (excluding diaryl/α,β-unsaturated/α-hetero) is 3. The molecule has 5 unspecified atom stereocenters. The molecule has 0 aromatic rings. The zero-order valence-electron chi connectivity index (χ0n) is 21.1. The molecule has 0 N–H and O–H groups in total. The summed E-state index contributed by atoms with van der Waals surface area (Å²) in [5.41, 5.74) is 0.620. The molecule has 4 aliphatic rings. The van der Waals surface area contributed by atoms with Crippen LogP contribution in [-0.2, 0) is 23.9 Å². The van der Waals surface area contributed by atoms with Crippen molar-refractivity contribution in [3.8, 4) is 0 Å². The van der Waals surface area contributed by atoms with Crippen LogP contribution in [0.3, 0.4) is 0 Å². The second-order valence-corrected chi connectivity index (χ2v) is 9.48. The van der Waals surface area contributed by atoms with E-state index in [0.717, 1.165) is 12.5 Å². The van der Waals surface area contributed by atoms with Crippen molar-refractivity contribution in [2.75, 3.05) is 6.61 Å². The van der Waals surface area contributed by atoms with Gasteiger partial charge in [-0.25, -0.2) is 0 Å². The summed E-state index contributed by atoms with van der Waals surface area (Å²) < 4.78 is 4.86. The molecule has 5 heteroatoms. The summed E-state index contributed by atoms with van der Waals surface area (Å²) in [6.45, 7) is 18.6. The molecular formula is C28H48O5. The number of carbonyl (C=O) groups is 4. The quantitative estimate of drug-likeness (QED) is 0.276. The normalized spacial score (nSPS) is 27.5. The van der Waals surface area contributed by atoms with Crippen molar-refractivity contribution < 1.29 is 23.9 Å². The predicted molar refractivity (Wildman–Crippen MR) is 136 cm³/mol. The van der Waals surface area contributed by atoms with Crippen molar-refractivity contribution in [3.63, 3.8) is 0 Å². The summed E-state index contributed by atoms with van der Waals surface area (Å²) in [4.78, 5) is 40.7. The summed E-state index contributed by atoms with van der Waals surface area (Å²) in [7, 11) is 0. The highest BCUT2D eigenvalue weighted by Crippen LogP contribution is 2.51. The third kappa shape index (κ3) is 18.3. The molecule has 1 saturated heterocycles. The van der Waals surface area contributed by atoms with E-state index in [1.165, 1.54) is 44.6 Å². The number of carbonyl (C=O) groups excluding carboxylic acids is 4. The van der Waals surface area contributed by atoms with Crippen molar-refractivity contribution in [1.82, 2.24) is 0 Å². The lowest BCUT2D eigenvalue weighted by atomic mass is 9.91. The molecule has 190 valence electrons. The third-order valence-corrected chi connectivity index (χ3v) is 6.01. The van der Waals surface area contributed by atoms with Gasteiger partial charge in [0.15, 0.2) is 11.6 Å². The predicted octanol–water partition coefficient (Wildman–Crippen LogP) is 6.34. The molecular weight excluding hydrogens is 416 g/mol. The van der Waals surface area contributed by atoms with Crippen LogP contribution in [0.1, 0.15) is 93.9 Å². The highest BCUT2D eigenvalue weighted by molar-refractivity contribution is 6.06. The number of allylic oxidation sites excluding steroid dienone is 2. The van der Waals surface area contributed by atoms with E-state index in [1.807, 2.05) is 0 Å². The Balaban J connectivity index is 0. The number of ether oxygens (including phenoxy) is 1. The standard InChI is InChI=1S/C8H14.C6H8O2.C5H8O.C4H8O.C4H6O.CH4/c1-6-2-3-7-5-8(7)4-6;1-4-2-5(7)3-6(4)8;1-4(2)5(3)6;1-2-4-3-5-4;1-3-4(2)5;/h6-8H,2-5H2,1H3;4H,2-3H2,1H3;1H2,2-3H3;4H,2-3H2,1H3;3H,1H2,2H3;1H4. The van der Waals surface area contributed by atoms with Crippen molar-refractivity contribution in [3.05, 3.63) is 24.8 Å². The van der Waals surface area contributed by atoms with Crippen LogP contribution in [0.2, 0.25) is 0 Å². The molecule has 5 atom stereocenters. The van der Waals surface area contributed by atoms with Crippen LogP contribution in [0.25, 0.3) is 0 Å². The zero-order valence-corrected chi connectivity index (χ0v) is 21.1. The molecule has 4 fully saturated rings. The highest BCUT2D eigenvalue weighted by Gasteiger charge is 2.40. The van der Waals surface area contributed by atoms with E-state index in [1.54, 1.807) is 33.1 Å². The van der Waals surface area contributed by atoms with E-state index in [2.05, 4.69) is 27.0 Å². The molecule has 0 radical (unpaired) electrons. The molecule has 33 heavy (non-hydrogen) atoms. The van der Waals surface area contributed by atoms with Gasteiger partial charge in [0, 0.05) is 12.3 Å². The van der Waals surface area contributed by atoms with Gasteiger partial charge in [0.2, 0.25) is 0 Å². The Morgan fingerprint density at radius 3 is 1.76 bits per heavy atom. The molecule has 0 spiro atoms. The van der Waals surface area contributed by atoms with Crippen molar-refractivity contribution in [2.45, 2.75) is 100 Å². The largest absolute Gasteiger partial charge is 0.373 e. The Labute approximate surface area is 202 Å². The van der Waals surface area contributed by atoms with E-state index in [4.69, 9.17) is 4.74 Å². The minimum atomic E-state index is 0. The number of rotatable bonds is 3. The van der Waals surface area contributed by atoms with Crippen molar-refractivity contribution in [1.29, 1.82) is 0 Å². The first kappa shape index (κ1) is 33.3. The number of epoxide rings is 1. The maximum atomic E-state index is 10.6. The Hall–Kier alpha value is -1.88. The van der Waals surface area contributed by atoms with Gasteiger partial charge >= 0.3 is 0 Å². The van der Waals surface area contributed by atoms with Crippen LogP contribution in [0, 0.1) is 23.7 Å². The molecule has 3 saturated carbocycles. The average molecular weight is 465 g/mol. The van der Waals surface area contributed by atoms with Crippen molar-refractivity contribution in [2.24, 2.45) is 23.7 Å². The van der Waals surface area contributed by atoms with Crippen LogP contribution >= 0.6 is 0 Å². The molecule has 5 nitrogen and oxygen atoms in total. The molecule has 1 aliphatic heterocycles. The average Bonchev–Trinajstić information content (AvgIpc) is 3.63. The molecule has 0 amide bonds. The fourth-order valence-corrected chi connectivity index (χ4v) is 3.29. The fraction of sp³-hybridized carbons (Fsp3) is 0.714. The molecule has 1 heterocycles. The first-order valence-electron chi connectivity index (χ1n) is 11.9. The minimum absolute atomic E-state index is 0. The smallest absolute Gasteiger partial charge is 0.154 e. The molecule has 0 bridgehead atoms. The number of hydrogen-bond acceptors (Lipinski definition) is 5. The topological polar surface area (TPSA) is 80.8 Å². The van der Waals surface area contributed by atoms with Gasteiger partial charge in [-0.05, 0) is 75.9 Å². The van der Waals surface area contributed by atoms with Crippen LogP contribution < -0.4 is 0 Å². The van der Waals surface area contributed by atoms with Gasteiger partial charge in [0.25, 0.3) is 0 Å². The van der Waals surface area contributed by atoms with E-state index in [-0.39, 0.29) is 42.9 Å². The lowest BCUT2D eigenvalue weighted by Crippen LogP contribution is -2.03. The Bertz CT molecular complexity index is 647. The van der Waals surface area contributed by atoms with Gasteiger partial charge in [0.1, 0.15) is 11.6 Å². The van der Waals surface area contributed by atoms with Gasteiger partial charge in [-0.1, -0.05) is 47.8 Å². The third-order valence-electron chi connectivity index (χ3n) is 6.01. The van der Waals surface area contributed by atoms with Gasteiger partial charge < -0.3 is 4.74 Å². The van der Waals surface area contributed by atoms with Crippen LogP contribution in [0.4, 0.5) is 0 Å². The second-order valence-electron chi connectivity index (χ2n) is 9.48. The van der Waals surface area contributed by atoms with Crippen LogP contribution in [0.15, 0.2) is 24.8 Å². The van der Waals surface area contributed by atoms with E-state index in [9.17, 15) is 19.2 Å². The fourth-order valence-electron chi connectivity index (χ4n) is 3.29. The summed E-state index contributed by atoms with van der Waals surface area (Å²) >= 11 is 0. The van der Waals surface area contributed by atoms with E-state index >= 15 is 0 Å². The zero-order chi connectivity index (χ0) is 24.8. The SMILES string of the molecule is C.C=C(C)C(C)=O.C=CC(C)=O.CC1CC(=O)CC1=O.CC1CCC2CC2C1.CCC1CO1. The number of fused-ring (bicyclic) bond motifs is 1. The first-order valence-corrected chi connectivity index (χ1v) is 11.9. The lowest BCUT2D eigenvalue weighted by molar-refractivity contribution is -0.122. The molecule has 0 aromatic carbocycles. The van der Waals surface area contributed by atoms with Gasteiger partial charge in [-0.2, -0.15) is 0 Å². The lowest BCUT2D eigenvalue weighted by Gasteiger charge is -2.15. The van der Waals surface area contributed by atoms with Crippen molar-refractivity contribution >= 4 is 23.1 Å². The minimum Gasteiger partial charge on any atom is -0.373 e. The Morgan fingerprint density at radius 2 is 1.58 bits per heavy atom. The van der Waals surface area contributed by atoms with E-state index < -0.39 is 0 Å². The molecule has 0 aromatic heterocycles. The highest BCUT2D eigenvalue weighted by atomic mass is 16.6. The molecule has 3 aliphatic carbocycles. The maximum Gasteiger partial charge on any atom is 0.154 e. The number of hydrogen-bond donors (Lipinski definition) is 0. The summed E-state index contributed by atoms with van der Waals surface area (Å²) in [5.74, 6) is 3.71. The van der Waals surface area contributed by atoms with Crippen LogP contribution in [0.5, 0.6) is 0 Å². The maximum absolute atomic E-state index is 10.6. The Kier molecular flexibility index (Phi) is 17.7.